The van der Waals surface area contributed by atoms with E-state index in [0.29, 0.717) is 35.7 Å². The Balaban J connectivity index is 1.66. The van der Waals surface area contributed by atoms with E-state index >= 15 is 0 Å². The summed E-state index contributed by atoms with van der Waals surface area (Å²) in [6.07, 6.45) is 1.80. The van der Waals surface area contributed by atoms with Crippen LogP contribution in [0.25, 0.3) is 10.9 Å². The first-order valence-electron chi connectivity index (χ1n) is 10.7. The third-order valence-electron chi connectivity index (χ3n) is 5.00. The molecule has 0 unspecified atom stereocenters. The number of benzene rings is 1. The van der Waals surface area contributed by atoms with Crippen molar-refractivity contribution in [2.45, 2.75) is 44.9 Å². The van der Waals surface area contributed by atoms with Crippen molar-refractivity contribution in [2.24, 2.45) is 0 Å². The number of hydrogen-bond acceptors (Lipinski definition) is 6. The van der Waals surface area contributed by atoms with Crippen LogP contribution in [0, 0.1) is 0 Å². The van der Waals surface area contributed by atoms with Crippen LogP contribution in [0.15, 0.2) is 51.7 Å². The molecule has 0 aliphatic heterocycles. The Morgan fingerprint density at radius 3 is 2.72 bits per heavy atom. The number of aromatic nitrogens is 2. The Labute approximate surface area is 195 Å². The third kappa shape index (κ3) is 6.20. The van der Waals surface area contributed by atoms with Gasteiger partial charge in [0.05, 0.1) is 29.7 Å². The summed E-state index contributed by atoms with van der Waals surface area (Å²) in [5.41, 5.74) is 0.541. The molecular formula is C23H28N4O3S2. The second-order valence-electron chi connectivity index (χ2n) is 7.27. The molecule has 9 heteroatoms. The fourth-order valence-corrected chi connectivity index (χ4v) is 4.77. The lowest BCUT2D eigenvalue weighted by Gasteiger charge is -2.20. The second kappa shape index (κ2) is 11.8. The van der Waals surface area contributed by atoms with Crippen molar-refractivity contribution in [1.82, 2.24) is 19.8 Å². The van der Waals surface area contributed by atoms with Crippen LogP contribution in [0.5, 0.6) is 0 Å². The fourth-order valence-electron chi connectivity index (χ4n) is 3.19. The van der Waals surface area contributed by atoms with Gasteiger partial charge in [0.1, 0.15) is 0 Å². The first-order valence-corrected chi connectivity index (χ1v) is 12.6. The van der Waals surface area contributed by atoms with Gasteiger partial charge in [0, 0.05) is 18.0 Å². The molecule has 0 aliphatic carbocycles. The van der Waals surface area contributed by atoms with E-state index in [0.717, 1.165) is 17.7 Å². The first kappa shape index (κ1) is 24.0. The minimum atomic E-state index is -0.192. The predicted octanol–water partition coefficient (Wildman–Crippen LogP) is 3.52. The molecule has 1 N–H and O–H groups in total. The molecule has 0 atom stereocenters. The van der Waals surface area contributed by atoms with Gasteiger partial charge in [0.25, 0.3) is 5.56 Å². The topological polar surface area (TPSA) is 84.3 Å². The summed E-state index contributed by atoms with van der Waals surface area (Å²) in [4.78, 5) is 45.3. The number of nitrogens with zero attached hydrogens (tertiary/aromatic N) is 3. The van der Waals surface area contributed by atoms with Crippen molar-refractivity contribution >= 4 is 45.8 Å². The summed E-state index contributed by atoms with van der Waals surface area (Å²) in [5, 5.41) is 5.93. The average Bonchev–Trinajstić information content (AvgIpc) is 3.33. The molecule has 0 aliphatic rings. The highest BCUT2D eigenvalue weighted by molar-refractivity contribution is 7.99. The van der Waals surface area contributed by atoms with Crippen LogP contribution in [-0.4, -0.2) is 45.1 Å². The van der Waals surface area contributed by atoms with E-state index in [2.05, 4.69) is 17.2 Å². The van der Waals surface area contributed by atoms with Gasteiger partial charge in [-0.1, -0.05) is 43.3 Å². The molecule has 0 saturated carbocycles. The van der Waals surface area contributed by atoms with Crippen LogP contribution in [-0.2, 0) is 22.7 Å². The Morgan fingerprint density at radius 2 is 2.00 bits per heavy atom. The monoisotopic (exact) mass is 472 g/mol. The number of carbonyl (C=O) groups is 2. The number of hydrogen-bond donors (Lipinski definition) is 1. The van der Waals surface area contributed by atoms with Gasteiger partial charge in [-0.05, 0) is 36.9 Å². The smallest absolute Gasteiger partial charge is 0.262 e. The maximum Gasteiger partial charge on any atom is 0.262 e. The lowest BCUT2D eigenvalue weighted by Crippen LogP contribution is -2.41. The van der Waals surface area contributed by atoms with Crippen molar-refractivity contribution in [1.29, 1.82) is 0 Å². The zero-order valence-corrected chi connectivity index (χ0v) is 20.0. The maximum atomic E-state index is 13.0. The quantitative estimate of drug-likeness (QED) is 0.341. The number of thiophene rings is 1. The van der Waals surface area contributed by atoms with Crippen LogP contribution in [0.4, 0.5) is 0 Å². The van der Waals surface area contributed by atoms with Crippen molar-refractivity contribution in [3.63, 3.8) is 0 Å². The number of thioether (sulfide) groups is 1. The minimum absolute atomic E-state index is 0.00899. The normalized spacial score (nSPS) is 10.9. The lowest BCUT2D eigenvalue weighted by molar-refractivity contribution is -0.133. The molecule has 0 radical (unpaired) electrons. The number of carbonyl (C=O) groups excluding carboxylic acids is 2. The molecule has 0 saturated heterocycles. The Morgan fingerprint density at radius 1 is 1.19 bits per heavy atom. The average molecular weight is 473 g/mol. The SMILES string of the molecule is CCCCn1c(SCC(=O)N(CC)CC(=O)NCc2cccs2)nc2ccccc2c1=O. The second-order valence-corrected chi connectivity index (χ2v) is 9.25. The summed E-state index contributed by atoms with van der Waals surface area (Å²) < 4.78 is 1.66. The molecule has 2 aromatic heterocycles. The zero-order valence-electron chi connectivity index (χ0n) is 18.4. The van der Waals surface area contributed by atoms with Gasteiger partial charge in [0.15, 0.2) is 5.16 Å². The Kier molecular flexibility index (Phi) is 8.87. The molecule has 0 spiro atoms. The molecule has 1 aromatic carbocycles. The lowest BCUT2D eigenvalue weighted by atomic mass is 10.2. The van der Waals surface area contributed by atoms with Crippen LogP contribution in [0.1, 0.15) is 31.6 Å². The maximum absolute atomic E-state index is 13.0. The molecule has 2 amide bonds. The van der Waals surface area contributed by atoms with Gasteiger partial charge in [-0.3, -0.25) is 19.0 Å². The van der Waals surface area contributed by atoms with Gasteiger partial charge in [-0.2, -0.15) is 0 Å². The number of amides is 2. The van der Waals surface area contributed by atoms with Crippen LogP contribution in [0.3, 0.4) is 0 Å². The summed E-state index contributed by atoms with van der Waals surface area (Å²) >= 11 is 2.82. The molecule has 32 heavy (non-hydrogen) atoms. The summed E-state index contributed by atoms with van der Waals surface area (Å²) in [6, 6.07) is 11.2. The van der Waals surface area contributed by atoms with Gasteiger partial charge >= 0.3 is 0 Å². The van der Waals surface area contributed by atoms with Crippen molar-refractivity contribution in [3.05, 3.63) is 57.0 Å². The molecule has 170 valence electrons. The van der Waals surface area contributed by atoms with E-state index in [4.69, 9.17) is 0 Å². The molecule has 3 aromatic rings. The summed E-state index contributed by atoms with van der Waals surface area (Å²) in [5.74, 6) is -0.237. The summed E-state index contributed by atoms with van der Waals surface area (Å²) in [7, 11) is 0. The van der Waals surface area contributed by atoms with E-state index in [1.54, 1.807) is 22.0 Å². The van der Waals surface area contributed by atoms with E-state index in [9.17, 15) is 14.4 Å². The van der Waals surface area contributed by atoms with Gasteiger partial charge in [0.2, 0.25) is 11.8 Å². The largest absolute Gasteiger partial charge is 0.350 e. The van der Waals surface area contributed by atoms with E-state index in [-0.39, 0.29) is 29.7 Å². The minimum Gasteiger partial charge on any atom is -0.350 e. The number of unbranched alkanes of at least 4 members (excludes halogenated alkanes) is 1. The van der Waals surface area contributed by atoms with Crippen LogP contribution >= 0.6 is 23.1 Å². The van der Waals surface area contributed by atoms with E-state index in [1.165, 1.54) is 16.7 Å². The molecule has 2 heterocycles. The Bertz CT molecular complexity index is 1110. The van der Waals surface area contributed by atoms with Crippen LogP contribution in [0.2, 0.25) is 0 Å². The predicted molar refractivity (Wildman–Crippen MR) is 130 cm³/mol. The molecular weight excluding hydrogens is 444 g/mol. The highest BCUT2D eigenvalue weighted by Gasteiger charge is 2.18. The molecule has 0 fully saturated rings. The molecule has 3 rings (SSSR count). The molecule has 0 bridgehead atoms. The van der Waals surface area contributed by atoms with Crippen LogP contribution < -0.4 is 10.9 Å². The number of nitrogens with one attached hydrogen (secondary N) is 1. The fraction of sp³-hybridized carbons (Fsp3) is 0.391. The van der Waals surface area contributed by atoms with Gasteiger partial charge in [-0.15, -0.1) is 11.3 Å². The highest BCUT2D eigenvalue weighted by Crippen LogP contribution is 2.19. The zero-order chi connectivity index (χ0) is 22.9. The molecule has 7 nitrogen and oxygen atoms in total. The van der Waals surface area contributed by atoms with E-state index in [1.807, 2.05) is 42.6 Å². The van der Waals surface area contributed by atoms with Crippen molar-refractivity contribution in [2.75, 3.05) is 18.8 Å². The van der Waals surface area contributed by atoms with Gasteiger partial charge < -0.3 is 10.2 Å². The third-order valence-corrected chi connectivity index (χ3v) is 6.83. The first-order chi connectivity index (χ1) is 15.5. The Hall–Kier alpha value is -2.65. The number of rotatable bonds is 11. The standard InChI is InChI=1S/C23H28N4O3S2/c1-3-5-12-27-22(30)18-10-6-7-11-19(18)25-23(27)32-16-21(29)26(4-2)15-20(28)24-14-17-9-8-13-31-17/h6-11,13H,3-5,12,14-16H2,1-2H3,(H,24,28). The van der Waals surface area contributed by atoms with Crippen molar-refractivity contribution < 1.29 is 9.59 Å². The van der Waals surface area contributed by atoms with Crippen molar-refractivity contribution in [3.8, 4) is 0 Å². The number of likely N-dealkylation sites (N-methyl/N-ethyl adjacent to an activating group) is 1. The number of para-hydroxylation sites is 1. The van der Waals surface area contributed by atoms with Gasteiger partial charge in [-0.25, -0.2) is 4.98 Å². The van der Waals surface area contributed by atoms with E-state index < -0.39 is 0 Å². The summed E-state index contributed by atoms with van der Waals surface area (Å²) in [6.45, 7) is 5.38. The highest BCUT2D eigenvalue weighted by atomic mass is 32.2. The number of fused-ring (bicyclic) bond motifs is 1.